The molecule has 1 amide bonds. The van der Waals surface area contributed by atoms with E-state index in [9.17, 15) is 19.4 Å². The number of hydrogen-bond acceptors (Lipinski definition) is 6. The number of rotatable bonds is 68. The first-order chi connectivity index (χ1) is 38.5. The van der Waals surface area contributed by atoms with Crippen LogP contribution in [-0.2, 0) is 18.4 Å². The molecule has 2 N–H and O–H groups in total. The number of unbranched alkanes of at least 4 members (excludes halogenated alkanes) is 55. The second-order valence-corrected chi connectivity index (χ2v) is 27.7. The topological polar surface area (TPSA) is 108 Å². The third kappa shape index (κ3) is 64.9. The van der Waals surface area contributed by atoms with E-state index >= 15 is 0 Å². The van der Waals surface area contributed by atoms with Gasteiger partial charge in [-0.2, -0.15) is 0 Å². The fourth-order valence-corrected chi connectivity index (χ4v) is 12.2. The summed E-state index contributed by atoms with van der Waals surface area (Å²) in [5.74, 6) is -0.153. The van der Waals surface area contributed by atoms with Crippen LogP contribution in [0.1, 0.15) is 393 Å². The van der Waals surface area contributed by atoms with Gasteiger partial charge in [0.2, 0.25) is 5.91 Å². The van der Waals surface area contributed by atoms with Crippen molar-refractivity contribution >= 4 is 13.7 Å². The maximum Gasteiger partial charge on any atom is 0.268 e. The Kier molecular flexibility index (Phi) is 61.7. The Hall–Kier alpha value is -0.500. The summed E-state index contributed by atoms with van der Waals surface area (Å²) in [5.41, 5.74) is 0. The summed E-state index contributed by atoms with van der Waals surface area (Å²) in [7, 11) is 1.33. The minimum Gasteiger partial charge on any atom is -0.756 e. The predicted octanol–water partition coefficient (Wildman–Crippen LogP) is 22.1. The number of aliphatic hydroxyl groups excluding tert-OH is 1. The maximum atomic E-state index is 13.1. The number of carbonyl (C=O) groups is 1. The number of amides is 1. The Morgan fingerprint density at radius 1 is 0.392 bits per heavy atom. The van der Waals surface area contributed by atoms with Crippen LogP contribution < -0.4 is 10.2 Å². The largest absolute Gasteiger partial charge is 0.756 e. The minimum atomic E-state index is -4.58. The summed E-state index contributed by atoms with van der Waals surface area (Å²) in [4.78, 5) is 25.7. The van der Waals surface area contributed by atoms with Crippen molar-refractivity contribution in [2.75, 3.05) is 40.9 Å². The second-order valence-electron chi connectivity index (χ2n) is 26.3. The van der Waals surface area contributed by atoms with Gasteiger partial charge in [0.1, 0.15) is 13.2 Å². The van der Waals surface area contributed by atoms with Crippen LogP contribution in [0.4, 0.5) is 0 Å². The monoisotopic (exact) mass is 1140 g/mol. The van der Waals surface area contributed by atoms with E-state index in [1.54, 1.807) is 0 Å². The van der Waals surface area contributed by atoms with E-state index in [1.807, 2.05) is 21.1 Å². The van der Waals surface area contributed by atoms with Crippen LogP contribution in [0.25, 0.3) is 0 Å². The molecule has 0 bridgehead atoms. The zero-order valence-electron chi connectivity index (χ0n) is 54.4. The lowest BCUT2D eigenvalue weighted by molar-refractivity contribution is -0.870. The minimum absolute atomic E-state index is 0.0170. The molecule has 0 heterocycles. The van der Waals surface area contributed by atoms with Crippen LogP contribution in [-0.4, -0.2) is 68.5 Å². The van der Waals surface area contributed by atoms with Gasteiger partial charge in [-0.3, -0.25) is 9.36 Å². The van der Waals surface area contributed by atoms with Crippen LogP contribution in [0, 0.1) is 0 Å². The molecule has 0 saturated heterocycles. The Labute approximate surface area is 495 Å². The van der Waals surface area contributed by atoms with Gasteiger partial charge in [-0.25, -0.2) is 0 Å². The molecule has 3 unspecified atom stereocenters. The molecule has 0 aromatic heterocycles. The second kappa shape index (κ2) is 62.0. The van der Waals surface area contributed by atoms with Gasteiger partial charge in [0.05, 0.1) is 39.9 Å². The molecule has 0 aliphatic carbocycles. The maximum absolute atomic E-state index is 13.1. The third-order valence-electron chi connectivity index (χ3n) is 17.1. The SMILES string of the molecule is CCCCCCCCCCCCCCCCCCCCCCCCCCCCCCCCCCCC(=O)NC(COP(=O)([O-])OCC[N+](C)(C)C)C(O)CCCCCCCCCCCCCCCCCCCCCCCCCC. The van der Waals surface area contributed by atoms with Crippen LogP contribution >= 0.6 is 7.82 Å². The van der Waals surface area contributed by atoms with Gasteiger partial charge in [0, 0.05) is 6.42 Å². The highest BCUT2D eigenvalue weighted by molar-refractivity contribution is 7.45. The quantitative estimate of drug-likeness (QED) is 0.0357. The molecule has 9 heteroatoms. The number of aliphatic hydroxyl groups is 1. The fraction of sp³-hybridized carbons (Fsp3) is 0.986. The van der Waals surface area contributed by atoms with Crippen LogP contribution in [0.15, 0.2) is 0 Å². The van der Waals surface area contributed by atoms with Crippen LogP contribution in [0.5, 0.6) is 0 Å². The van der Waals surface area contributed by atoms with Crippen LogP contribution in [0.2, 0.25) is 0 Å². The van der Waals surface area contributed by atoms with Gasteiger partial charge in [-0.05, 0) is 12.8 Å². The van der Waals surface area contributed by atoms with Gasteiger partial charge in [-0.15, -0.1) is 0 Å². The lowest BCUT2D eigenvalue weighted by atomic mass is 10.0. The molecule has 474 valence electrons. The molecule has 3 atom stereocenters. The molecule has 0 aliphatic heterocycles. The van der Waals surface area contributed by atoms with Crippen LogP contribution in [0.3, 0.4) is 0 Å². The summed E-state index contributed by atoms with van der Waals surface area (Å²) >= 11 is 0. The van der Waals surface area contributed by atoms with Crippen molar-refractivity contribution in [2.45, 2.75) is 405 Å². The van der Waals surface area contributed by atoms with E-state index in [0.717, 1.165) is 38.5 Å². The lowest BCUT2D eigenvalue weighted by Crippen LogP contribution is -2.46. The van der Waals surface area contributed by atoms with Crippen molar-refractivity contribution in [2.24, 2.45) is 0 Å². The predicted molar refractivity (Wildman–Crippen MR) is 344 cm³/mol. The number of nitrogens with one attached hydrogen (secondary N) is 1. The Morgan fingerprint density at radius 3 is 0.861 bits per heavy atom. The zero-order chi connectivity index (χ0) is 57.7. The lowest BCUT2D eigenvalue weighted by Gasteiger charge is -2.30. The summed E-state index contributed by atoms with van der Waals surface area (Å²) < 4.78 is 23.5. The average molecular weight is 1140 g/mol. The van der Waals surface area contributed by atoms with Gasteiger partial charge in [0.25, 0.3) is 7.82 Å². The highest BCUT2D eigenvalue weighted by Crippen LogP contribution is 2.38. The molecule has 0 fully saturated rings. The van der Waals surface area contributed by atoms with Gasteiger partial charge in [-0.1, -0.05) is 373 Å². The van der Waals surface area contributed by atoms with E-state index in [-0.39, 0.29) is 19.1 Å². The van der Waals surface area contributed by atoms with Crippen molar-refractivity contribution < 1.29 is 32.9 Å². The number of carbonyl (C=O) groups excluding carboxylic acids is 1. The number of likely N-dealkylation sites (N-methyl/N-ethyl adjacent to an activating group) is 1. The number of nitrogens with zero attached hydrogens (tertiary/aromatic N) is 1. The molecular formula is C70H143N2O6P. The van der Waals surface area contributed by atoms with Gasteiger partial charge < -0.3 is 28.8 Å². The molecule has 79 heavy (non-hydrogen) atoms. The third-order valence-corrected chi connectivity index (χ3v) is 18.1. The van der Waals surface area contributed by atoms with Gasteiger partial charge in [0.15, 0.2) is 0 Å². The Balaban J connectivity index is 3.94. The number of hydrogen-bond donors (Lipinski definition) is 2. The molecule has 0 rings (SSSR count). The van der Waals surface area contributed by atoms with E-state index < -0.39 is 20.0 Å². The number of phosphoric acid groups is 1. The normalized spacial score (nSPS) is 13.6. The van der Waals surface area contributed by atoms with Crippen molar-refractivity contribution in [3.05, 3.63) is 0 Å². The molecule has 0 radical (unpaired) electrons. The first kappa shape index (κ1) is 78.5. The van der Waals surface area contributed by atoms with E-state index in [1.165, 1.54) is 327 Å². The smallest absolute Gasteiger partial charge is 0.268 e. The highest BCUT2D eigenvalue weighted by atomic mass is 31.2. The van der Waals surface area contributed by atoms with Gasteiger partial charge >= 0.3 is 0 Å². The number of quaternary nitrogens is 1. The summed E-state index contributed by atoms with van der Waals surface area (Å²) in [6, 6.07) is -0.797. The van der Waals surface area contributed by atoms with E-state index in [2.05, 4.69) is 19.2 Å². The van der Waals surface area contributed by atoms with Crippen molar-refractivity contribution in [3.63, 3.8) is 0 Å². The van der Waals surface area contributed by atoms with Crippen molar-refractivity contribution in [1.29, 1.82) is 0 Å². The van der Waals surface area contributed by atoms with E-state index in [0.29, 0.717) is 23.9 Å². The van der Waals surface area contributed by atoms with E-state index in [4.69, 9.17) is 9.05 Å². The molecule has 0 aromatic rings. The first-order valence-electron chi connectivity index (χ1n) is 35.9. The van der Waals surface area contributed by atoms with Crippen molar-refractivity contribution in [3.8, 4) is 0 Å². The summed E-state index contributed by atoms with van der Waals surface area (Å²) in [5, 5.41) is 14.1. The zero-order valence-corrected chi connectivity index (χ0v) is 55.3. The average Bonchev–Trinajstić information content (AvgIpc) is 3.42. The molecule has 0 spiro atoms. The molecular weight excluding hydrogens is 996 g/mol. The molecule has 0 aliphatic rings. The Morgan fingerprint density at radius 2 is 0.620 bits per heavy atom. The molecule has 0 saturated carbocycles. The van der Waals surface area contributed by atoms with Crippen molar-refractivity contribution in [1.82, 2.24) is 5.32 Å². The number of phosphoric ester groups is 1. The Bertz CT molecular complexity index is 1250. The fourth-order valence-electron chi connectivity index (χ4n) is 11.5. The molecule has 8 nitrogen and oxygen atoms in total. The summed E-state index contributed by atoms with van der Waals surface area (Å²) in [6.07, 6.45) is 77.6. The molecule has 0 aromatic carbocycles. The first-order valence-corrected chi connectivity index (χ1v) is 37.3. The highest BCUT2D eigenvalue weighted by Gasteiger charge is 2.24. The summed E-state index contributed by atoms with van der Waals surface area (Å²) in [6.45, 7) is 4.80. The standard InChI is InChI=1S/C70H143N2O6P/c1-6-8-10-12-14-16-18-20-22-24-26-28-30-32-33-34-35-36-37-38-39-40-42-44-46-48-50-52-54-56-58-60-62-64-70(74)71-68(67-78-79(75,76)77-66-65-72(3,4)5)69(73)63-61-59-57-55-53-51-49-47-45-43-41-31-29-27-25-23-21-19-17-15-13-11-9-7-2/h68-69,73H,6-67H2,1-5H3,(H-,71,74,75,76).